The van der Waals surface area contributed by atoms with Crippen molar-refractivity contribution in [2.75, 3.05) is 11.4 Å². The smallest absolute Gasteiger partial charge is 0.303 e. The molecule has 162 valence electrons. The fourth-order valence-electron chi connectivity index (χ4n) is 3.05. The summed E-state index contributed by atoms with van der Waals surface area (Å²) in [4.78, 5) is 43.7. The first-order valence-electron chi connectivity index (χ1n) is 9.48. The molecule has 0 spiro atoms. The number of benzene rings is 1. The third kappa shape index (κ3) is 5.20. The molecule has 1 aromatic heterocycles. The average molecular weight is 476 g/mol. The van der Waals surface area contributed by atoms with E-state index in [9.17, 15) is 14.4 Å². The Labute approximate surface area is 193 Å². The number of amides is 2. The minimum Gasteiger partial charge on any atom is -0.481 e. The van der Waals surface area contributed by atoms with Crippen LogP contribution in [0.2, 0.25) is 0 Å². The second-order valence-corrected chi connectivity index (χ2v) is 9.47. The van der Waals surface area contributed by atoms with Crippen LogP contribution >= 0.6 is 35.3 Å². The van der Waals surface area contributed by atoms with Crippen LogP contribution in [-0.2, 0) is 14.4 Å². The number of nitrogens with zero attached hydrogens (tertiary/aromatic N) is 3. The van der Waals surface area contributed by atoms with E-state index < -0.39 is 5.97 Å². The van der Waals surface area contributed by atoms with Gasteiger partial charge in [-0.05, 0) is 43.5 Å². The number of thiazole rings is 1. The van der Waals surface area contributed by atoms with Gasteiger partial charge in [-0.3, -0.25) is 24.2 Å². The topological polar surface area (TPSA) is 90.8 Å². The summed E-state index contributed by atoms with van der Waals surface area (Å²) >= 11 is 7.75. The molecule has 0 radical (unpaired) electrons. The molecule has 2 heterocycles. The molecule has 7 nitrogen and oxygen atoms in total. The Morgan fingerprint density at radius 1 is 1.32 bits per heavy atom. The molecule has 1 aromatic carbocycles. The highest BCUT2D eigenvalue weighted by atomic mass is 32.2. The second kappa shape index (κ2) is 9.71. The number of rotatable bonds is 7. The molecule has 1 aliphatic rings. The van der Waals surface area contributed by atoms with Crippen LogP contribution in [0.4, 0.5) is 10.8 Å². The summed E-state index contributed by atoms with van der Waals surface area (Å²) in [5, 5.41) is 11.1. The minimum absolute atomic E-state index is 0.0230. The highest BCUT2D eigenvalue weighted by Crippen LogP contribution is 2.35. The van der Waals surface area contributed by atoms with E-state index in [2.05, 4.69) is 4.98 Å². The van der Waals surface area contributed by atoms with Crippen molar-refractivity contribution in [3.63, 3.8) is 0 Å². The fourth-order valence-corrected chi connectivity index (χ4v) is 5.18. The van der Waals surface area contributed by atoms with Crippen LogP contribution in [0.1, 0.15) is 36.6 Å². The standard InChI is InChI=1S/C21H21N3O4S3/c1-12-6-4-7-16(13(12)2)24(14(3)25)20-22-15(11-30-20)10-17-19(28)23(21(29)31-17)9-5-8-18(26)27/h4,6-7,10-11H,5,8-9H2,1-3H3,(H,26,27). The zero-order valence-electron chi connectivity index (χ0n) is 17.2. The SMILES string of the molecule is CC(=O)N(c1nc(C=C2SC(=S)N(CCCC(=O)O)C2=O)cs1)c1cccc(C)c1C. The molecule has 2 amide bonds. The summed E-state index contributed by atoms with van der Waals surface area (Å²) in [6.07, 6.45) is 1.96. The maximum absolute atomic E-state index is 12.7. The van der Waals surface area contributed by atoms with E-state index in [-0.39, 0.29) is 24.8 Å². The quantitative estimate of drug-likeness (QED) is 0.465. The predicted molar refractivity (Wildman–Crippen MR) is 128 cm³/mol. The molecule has 10 heteroatoms. The third-order valence-electron chi connectivity index (χ3n) is 4.76. The van der Waals surface area contributed by atoms with Crippen molar-refractivity contribution < 1.29 is 19.5 Å². The number of carbonyl (C=O) groups excluding carboxylic acids is 2. The Kier molecular flexibility index (Phi) is 7.24. The van der Waals surface area contributed by atoms with Crippen molar-refractivity contribution >= 4 is 74.3 Å². The Balaban J connectivity index is 1.83. The zero-order valence-corrected chi connectivity index (χ0v) is 19.7. The number of hydrogen-bond acceptors (Lipinski definition) is 7. The summed E-state index contributed by atoms with van der Waals surface area (Å²) in [6, 6.07) is 5.77. The fraction of sp³-hybridized carbons (Fsp3) is 0.286. The number of aromatic nitrogens is 1. The molecule has 1 fully saturated rings. The van der Waals surface area contributed by atoms with Gasteiger partial charge in [-0.1, -0.05) is 36.1 Å². The van der Waals surface area contributed by atoms with Gasteiger partial charge in [-0.25, -0.2) is 4.98 Å². The lowest BCUT2D eigenvalue weighted by molar-refractivity contribution is -0.137. The van der Waals surface area contributed by atoms with E-state index in [0.29, 0.717) is 26.5 Å². The lowest BCUT2D eigenvalue weighted by Gasteiger charge is -2.21. The van der Waals surface area contributed by atoms with Crippen molar-refractivity contribution in [3.05, 3.63) is 45.3 Å². The van der Waals surface area contributed by atoms with Crippen LogP contribution in [0.5, 0.6) is 0 Å². The molecule has 31 heavy (non-hydrogen) atoms. The molecule has 0 aliphatic carbocycles. The number of carbonyl (C=O) groups is 3. The lowest BCUT2D eigenvalue weighted by Crippen LogP contribution is -2.29. The van der Waals surface area contributed by atoms with Crippen molar-refractivity contribution in [1.82, 2.24) is 9.88 Å². The molecule has 1 aliphatic heterocycles. The van der Waals surface area contributed by atoms with E-state index in [0.717, 1.165) is 16.8 Å². The van der Waals surface area contributed by atoms with Gasteiger partial charge in [0.25, 0.3) is 5.91 Å². The number of carboxylic acid groups (broad SMARTS) is 1. The molecule has 0 unspecified atom stereocenters. The Bertz CT molecular complexity index is 1090. The number of anilines is 2. The summed E-state index contributed by atoms with van der Waals surface area (Å²) < 4.78 is 0.401. The van der Waals surface area contributed by atoms with Crippen LogP contribution < -0.4 is 4.90 Å². The van der Waals surface area contributed by atoms with E-state index in [1.165, 1.54) is 34.9 Å². The molecule has 3 rings (SSSR count). The van der Waals surface area contributed by atoms with E-state index >= 15 is 0 Å². The summed E-state index contributed by atoms with van der Waals surface area (Å²) in [5.74, 6) is -1.32. The lowest BCUT2D eigenvalue weighted by atomic mass is 10.1. The number of thiocarbonyl (C=S) groups is 1. The van der Waals surface area contributed by atoms with Gasteiger partial charge in [0.15, 0.2) is 5.13 Å². The van der Waals surface area contributed by atoms with Crippen LogP contribution in [0.3, 0.4) is 0 Å². The maximum Gasteiger partial charge on any atom is 0.303 e. The van der Waals surface area contributed by atoms with E-state index in [1.807, 2.05) is 32.0 Å². The third-order valence-corrected chi connectivity index (χ3v) is 6.98. The summed E-state index contributed by atoms with van der Waals surface area (Å²) in [7, 11) is 0. The Morgan fingerprint density at radius 2 is 2.06 bits per heavy atom. The molecule has 0 saturated carbocycles. The molecule has 2 aromatic rings. The predicted octanol–water partition coefficient (Wildman–Crippen LogP) is 4.51. The largest absolute Gasteiger partial charge is 0.481 e. The Morgan fingerprint density at radius 3 is 2.74 bits per heavy atom. The first kappa shape index (κ1) is 23.1. The van der Waals surface area contributed by atoms with E-state index in [4.69, 9.17) is 17.3 Å². The summed E-state index contributed by atoms with van der Waals surface area (Å²) in [5.41, 5.74) is 3.41. The highest BCUT2D eigenvalue weighted by Gasteiger charge is 2.32. The van der Waals surface area contributed by atoms with Gasteiger partial charge < -0.3 is 5.11 Å². The van der Waals surface area contributed by atoms with Crippen LogP contribution in [0.15, 0.2) is 28.5 Å². The summed E-state index contributed by atoms with van der Waals surface area (Å²) in [6.45, 7) is 5.71. The minimum atomic E-state index is -0.908. The maximum atomic E-state index is 12.7. The van der Waals surface area contributed by atoms with Crippen LogP contribution in [0.25, 0.3) is 6.08 Å². The zero-order chi connectivity index (χ0) is 22.7. The molecular weight excluding hydrogens is 454 g/mol. The number of hydrogen-bond donors (Lipinski definition) is 1. The number of thioether (sulfide) groups is 1. The first-order chi connectivity index (χ1) is 14.7. The van der Waals surface area contributed by atoms with Gasteiger partial charge in [0.05, 0.1) is 16.3 Å². The van der Waals surface area contributed by atoms with Crippen LogP contribution in [0, 0.1) is 13.8 Å². The molecular formula is C21H21N3O4S3. The Hall–Kier alpha value is -2.56. The number of aryl methyl sites for hydroxylation is 1. The molecule has 0 bridgehead atoms. The molecule has 1 N–H and O–H groups in total. The molecule has 1 saturated heterocycles. The number of aliphatic carboxylic acids is 1. The van der Waals surface area contributed by atoms with E-state index in [1.54, 1.807) is 16.4 Å². The van der Waals surface area contributed by atoms with Gasteiger partial charge in [-0.15, -0.1) is 11.3 Å². The number of carboxylic acids is 1. The monoisotopic (exact) mass is 475 g/mol. The van der Waals surface area contributed by atoms with Crippen molar-refractivity contribution in [2.24, 2.45) is 0 Å². The van der Waals surface area contributed by atoms with Gasteiger partial charge in [-0.2, -0.15) is 0 Å². The average Bonchev–Trinajstić information content (AvgIpc) is 3.24. The second-order valence-electron chi connectivity index (χ2n) is 6.96. The normalized spacial score (nSPS) is 15.1. The first-order valence-corrected chi connectivity index (χ1v) is 11.6. The van der Waals surface area contributed by atoms with Gasteiger partial charge in [0.2, 0.25) is 5.91 Å². The van der Waals surface area contributed by atoms with Gasteiger partial charge in [0.1, 0.15) is 4.32 Å². The van der Waals surface area contributed by atoms with Gasteiger partial charge >= 0.3 is 5.97 Å². The van der Waals surface area contributed by atoms with Crippen molar-refractivity contribution in [2.45, 2.75) is 33.6 Å². The molecule has 0 atom stereocenters. The van der Waals surface area contributed by atoms with Gasteiger partial charge in [0, 0.05) is 25.3 Å². The van der Waals surface area contributed by atoms with Crippen molar-refractivity contribution in [3.8, 4) is 0 Å². The highest BCUT2D eigenvalue weighted by molar-refractivity contribution is 8.26. The van der Waals surface area contributed by atoms with Crippen molar-refractivity contribution in [1.29, 1.82) is 0 Å². The van der Waals surface area contributed by atoms with Crippen LogP contribution in [-0.4, -0.2) is 43.6 Å².